The van der Waals surface area contributed by atoms with Crippen LogP contribution in [0.1, 0.15) is 83.9 Å². The summed E-state index contributed by atoms with van der Waals surface area (Å²) >= 11 is 0. The van der Waals surface area contributed by atoms with E-state index in [1.54, 1.807) is 22.7 Å². The maximum Gasteiger partial charge on any atom is 0.273 e. The predicted octanol–water partition coefficient (Wildman–Crippen LogP) is 4.74. The first kappa shape index (κ1) is 27.7. The molecule has 222 valence electrons. The van der Waals surface area contributed by atoms with Crippen molar-refractivity contribution in [2.75, 3.05) is 12.3 Å². The molecule has 3 heterocycles. The molecule has 3 aliphatic rings. The highest BCUT2D eigenvalue weighted by Gasteiger charge is 2.45. The van der Waals surface area contributed by atoms with E-state index in [0.29, 0.717) is 41.1 Å². The molecule has 0 saturated heterocycles. The average molecular weight is 602 g/mol. The second-order valence-corrected chi connectivity index (χ2v) is 13.8. The lowest BCUT2D eigenvalue weighted by atomic mass is 9.93. The van der Waals surface area contributed by atoms with Crippen LogP contribution in [-0.4, -0.2) is 52.0 Å². The van der Waals surface area contributed by atoms with Gasteiger partial charge in [-0.2, -0.15) is 5.10 Å². The summed E-state index contributed by atoms with van der Waals surface area (Å²) in [6, 6.07) is 16.5. The van der Waals surface area contributed by atoms with Crippen molar-refractivity contribution in [3.8, 4) is 11.3 Å². The Labute approximate surface area is 249 Å². The Morgan fingerprint density at radius 3 is 2.63 bits per heavy atom. The van der Waals surface area contributed by atoms with Gasteiger partial charge >= 0.3 is 0 Å². The van der Waals surface area contributed by atoms with Crippen molar-refractivity contribution in [2.45, 2.75) is 57.4 Å². The van der Waals surface area contributed by atoms with E-state index in [1.165, 1.54) is 18.6 Å². The molecule has 7 rings (SSSR count). The van der Waals surface area contributed by atoms with Gasteiger partial charge < -0.3 is 4.90 Å². The molecular weight excluding hydrogens is 569 g/mol. The van der Waals surface area contributed by atoms with E-state index in [2.05, 4.69) is 16.9 Å². The number of nitrogens with zero attached hydrogens (tertiary/aromatic N) is 4. The molecule has 4 aromatic rings. The Morgan fingerprint density at radius 2 is 1.88 bits per heavy atom. The van der Waals surface area contributed by atoms with Crippen molar-refractivity contribution in [1.29, 1.82) is 0 Å². The molecule has 2 aliphatic carbocycles. The van der Waals surface area contributed by atoms with E-state index in [1.807, 2.05) is 30.0 Å². The first-order chi connectivity index (χ1) is 20.6. The first-order valence-electron chi connectivity index (χ1n) is 14.8. The number of nitrogens with one attached hydrogen (secondary N) is 1. The number of carbonyl (C=O) groups is 2. The third kappa shape index (κ3) is 5.09. The van der Waals surface area contributed by atoms with Crippen LogP contribution in [0.4, 0.5) is 4.39 Å². The topological polar surface area (TPSA) is 114 Å². The minimum Gasteiger partial charge on any atom is -0.330 e. The number of carbonyl (C=O) groups excluding carboxylic acids is 2. The van der Waals surface area contributed by atoms with Gasteiger partial charge in [-0.25, -0.2) is 22.3 Å². The SMILES string of the molecule is CCS(=O)(=O)NC(=O)[C@H]1C[C@@H]1c1ccc(-c2cc3nc(C(=O)N4CCc5ccccc5[C@H]4C)cc(C4CC4)n3n2)c(F)c1. The van der Waals surface area contributed by atoms with Gasteiger partial charge in [0.25, 0.3) is 5.91 Å². The van der Waals surface area contributed by atoms with Gasteiger partial charge in [0, 0.05) is 35.7 Å². The number of hydrogen-bond acceptors (Lipinski definition) is 6. The zero-order valence-electron chi connectivity index (χ0n) is 24.0. The molecule has 9 nitrogen and oxygen atoms in total. The van der Waals surface area contributed by atoms with Crippen LogP contribution in [0.3, 0.4) is 0 Å². The van der Waals surface area contributed by atoms with Crippen LogP contribution in [-0.2, 0) is 21.2 Å². The largest absolute Gasteiger partial charge is 0.330 e. The second-order valence-electron chi connectivity index (χ2n) is 11.8. The fourth-order valence-corrected chi connectivity index (χ4v) is 6.83. The highest BCUT2D eigenvalue weighted by molar-refractivity contribution is 7.90. The minimum absolute atomic E-state index is 0.0684. The molecule has 2 amide bonds. The molecule has 2 fully saturated rings. The summed E-state index contributed by atoms with van der Waals surface area (Å²) in [7, 11) is -3.64. The molecule has 1 N–H and O–H groups in total. The summed E-state index contributed by atoms with van der Waals surface area (Å²) in [5.74, 6) is -1.82. The summed E-state index contributed by atoms with van der Waals surface area (Å²) in [4.78, 5) is 32.7. The highest BCUT2D eigenvalue weighted by atomic mass is 32.2. The standard InChI is InChI=1S/C32H32FN5O4S/c1-3-43(41,42)36-31(39)25-15-24(25)21-10-11-23(26(33)14-21)27-17-30-34-28(16-29(20-8-9-20)38(30)35-27)32(40)37-13-12-19-6-4-5-7-22(19)18(37)2/h4-7,10-11,14,16-18,20,24-25H,3,8-9,12-13,15H2,1-2H3,(H,36,39)/t18-,24-,25+/m1/s1. The third-order valence-corrected chi connectivity index (χ3v) is 10.3. The fourth-order valence-electron chi connectivity index (χ4n) is 6.23. The van der Waals surface area contributed by atoms with Gasteiger partial charge in [0.15, 0.2) is 5.65 Å². The molecule has 2 aromatic carbocycles. The summed E-state index contributed by atoms with van der Waals surface area (Å²) in [6.45, 7) is 4.12. The Kier molecular flexibility index (Phi) is 6.61. The van der Waals surface area contributed by atoms with Crippen LogP contribution in [0.15, 0.2) is 54.6 Å². The number of amides is 2. The number of rotatable bonds is 7. The number of benzene rings is 2. The number of halogens is 1. The van der Waals surface area contributed by atoms with Crippen LogP contribution in [0, 0.1) is 11.7 Å². The molecule has 3 atom stereocenters. The zero-order valence-corrected chi connectivity index (χ0v) is 24.8. The summed E-state index contributed by atoms with van der Waals surface area (Å²) in [6.07, 6.45) is 3.24. The lowest BCUT2D eigenvalue weighted by Gasteiger charge is -2.35. The molecule has 0 radical (unpaired) electrons. The molecule has 2 saturated carbocycles. The molecule has 2 aromatic heterocycles. The average Bonchev–Trinajstić information content (AvgIpc) is 3.93. The van der Waals surface area contributed by atoms with Crippen LogP contribution in [0.2, 0.25) is 0 Å². The van der Waals surface area contributed by atoms with E-state index in [9.17, 15) is 18.0 Å². The normalized spacial score (nSPS) is 21.5. The van der Waals surface area contributed by atoms with Gasteiger partial charge in [0.2, 0.25) is 15.9 Å². The summed E-state index contributed by atoms with van der Waals surface area (Å²) in [5, 5.41) is 4.70. The molecule has 1 aliphatic heterocycles. The van der Waals surface area contributed by atoms with Crippen molar-refractivity contribution in [3.05, 3.63) is 88.5 Å². The van der Waals surface area contributed by atoms with Crippen molar-refractivity contribution in [3.63, 3.8) is 0 Å². The van der Waals surface area contributed by atoms with E-state index in [0.717, 1.165) is 30.5 Å². The van der Waals surface area contributed by atoms with Crippen LogP contribution in [0.25, 0.3) is 16.9 Å². The second kappa shape index (κ2) is 10.3. The van der Waals surface area contributed by atoms with E-state index >= 15 is 4.39 Å². The smallest absolute Gasteiger partial charge is 0.273 e. The maximum atomic E-state index is 15.5. The molecule has 0 unspecified atom stereocenters. The molecule has 11 heteroatoms. The molecule has 43 heavy (non-hydrogen) atoms. The Bertz CT molecular complexity index is 1900. The highest BCUT2D eigenvalue weighted by Crippen LogP contribution is 2.48. The Hall–Kier alpha value is -4.12. The predicted molar refractivity (Wildman–Crippen MR) is 158 cm³/mol. The van der Waals surface area contributed by atoms with E-state index in [4.69, 9.17) is 10.1 Å². The monoisotopic (exact) mass is 601 g/mol. The molecule has 0 bridgehead atoms. The number of fused-ring (bicyclic) bond motifs is 2. The van der Waals surface area contributed by atoms with Gasteiger partial charge in [0.1, 0.15) is 11.5 Å². The first-order valence-corrected chi connectivity index (χ1v) is 16.4. The van der Waals surface area contributed by atoms with Gasteiger partial charge in [-0.1, -0.05) is 30.3 Å². The molecule has 0 spiro atoms. The lowest BCUT2D eigenvalue weighted by Crippen LogP contribution is -2.39. The zero-order chi connectivity index (χ0) is 30.0. The Balaban J connectivity index is 1.16. The lowest BCUT2D eigenvalue weighted by molar-refractivity contribution is -0.120. The van der Waals surface area contributed by atoms with Crippen molar-refractivity contribution in [2.24, 2.45) is 5.92 Å². The Morgan fingerprint density at radius 1 is 1.09 bits per heavy atom. The summed E-state index contributed by atoms with van der Waals surface area (Å²) in [5.41, 5.74) is 5.51. The van der Waals surface area contributed by atoms with Crippen molar-refractivity contribution >= 4 is 27.5 Å². The van der Waals surface area contributed by atoms with E-state index in [-0.39, 0.29) is 29.5 Å². The number of hydrogen-bond donors (Lipinski definition) is 1. The molecular formula is C32H32FN5O4S. The van der Waals surface area contributed by atoms with Gasteiger partial charge in [-0.15, -0.1) is 0 Å². The summed E-state index contributed by atoms with van der Waals surface area (Å²) < 4.78 is 42.8. The van der Waals surface area contributed by atoms with Crippen LogP contribution < -0.4 is 4.72 Å². The van der Waals surface area contributed by atoms with Crippen LogP contribution >= 0.6 is 0 Å². The van der Waals surface area contributed by atoms with Crippen LogP contribution in [0.5, 0.6) is 0 Å². The minimum atomic E-state index is -3.64. The van der Waals surface area contributed by atoms with Gasteiger partial charge in [-0.3, -0.25) is 14.3 Å². The van der Waals surface area contributed by atoms with Gasteiger partial charge in [-0.05, 0) is 80.3 Å². The van der Waals surface area contributed by atoms with Crippen molar-refractivity contribution in [1.82, 2.24) is 24.2 Å². The number of aromatic nitrogens is 3. The maximum absolute atomic E-state index is 15.5. The van der Waals surface area contributed by atoms with Crippen molar-refractivity contribution < 1.29 is 22.4 Å². The quantitative estimate of drug-likeness (QED) is 0.327. The van der Waals surface area contributed by atoms with E-state index < -0.39 is 27.7 Å². The van der Waals surface area contributed by atoms with Gasteiger partial charge in [0.05, 0.1) is 17.5 Å². The number of sulfonamides is 1. The third-order valence-electron chi connectivity index (χ3n) is 8.99. The fraction of sp³-hybridized carbons (Fsp3) is 0.375.